The zero-order chi connectivity index (χ0) is 8.69. The molecule has 0 saturated carbocycles. The summed E-state index contributed by atoms with van der Waals surface area (Å²) in [6.07, 6.45) is 1.32. The Hall–Kier alpha value is -0.830. The smallest absolute Gasteiger partial charge is 0.246 e. The van der Waals surface area contributed by atoms with Gasteiger partial charge in [-0.05, 0) is 13.0 Å². The molecule has 0 rings (SSSR count). The van der Waals surface area contributed by atoms with Crippen LogP contribution in [0.2, 0.25) is 0 Å². The molecular formula is C8H15NO2. The summed E-state index contributed by atoms with van der Waals surface area (Å²) < 4.78 is 4.84. The van der Waals surface area contributed by atoms with E-state index in [0.717, 1.165) is 0 Å². The maximum Gasteiger partial charge on any atom is 0.246 e. The van der Waals surface area contributed by atoms with Gasteiger partial charge in [-0.1, -0.05) is 6.58 Å². The number of carbonyl (C=O) groups is 1. The van der Waals surface area contributed by atoms with Gasteiger partial charge in [0.1, 0.15) is 0 Å². The van der Waals surface area contributed by atoms with E-state index < -0.39 is 0 Å². The van der Waals surface area contributed by atoms with Gasteiger partial charge in [0.05, 0.1) is 6.61 Å². The maximum absolute atomic E-state index is 11.0. The molecular weight excluding hydrogens is 142 g/mol. The van der Waals surface area contributed by atoms with Crippen LogP contribution in [-0.2, 0) is 9.53 Å². The Labute approximate surface area is 67.6 Å². The lowest BCUT2D eigenvalue weighted by Gasteiger charge is -2.17. The Morgan fingerprint density at radius 2 is 2.36 bits per heavy atom. The topological polar surface area (TPSA) is 29.5 Å². The van der Waals surface area contributed by atoms with Crippen molar-refractivity contribution in [2.24, 2.45) is 0 Å². The molecule has 0 N–H and O–H groups in total. The normalized spacial score (nSPS) is 9.27. The number of methoxy groups -OCH3 is 1. The highest BCUT2D eigenvalue weighted by molar-refractivity contribution is 5.86. The molecule has 11 heavy (non-hydrogen) atoms. The van der Waals surface area contributed by atoms with E-state index in [-0.39, 0.29) is 5.91 Å². The fraction of sp³-hybridized carbons (Fsp3) is 0.625. The van der Waals surface area contributed by atoms with E-state index in [2.05, 4.69) is 6.58 Å². The van der Waals surface area contributed by atoms with Crippen LogP contribution in [0.3, 0.4) is 0 Å². The van der Waals surface area contributed by atoms with Crippen LogP contribution >= 0.6 is 0 Å². The minimum absolute atomic E-state index is 0.0375. The fourth-order valence-electron chi connectivity index (χ4n) is 0.755. The van der Waals surface area contributed by atoms with E-state index >= 15 is 0 Å². The SMILES string of the molecule is C=CC(=O)N(CC)CCOC. The monoisotopic (exact) mass is 157 g/mol. The quantitative estimate of drug-likeness (QED) is 0.549. The number of hydrogen-bond donors (Lipinski definition) is 0. The minimum atomic E-state index is -0.0375. The third kappa shape index (κ3) is 3.78. The molecule has 0 heterocycles. The van der Waals surface area contributed by atoms with Crippen LogP contribution < -0.4 is 0 Å². The molecule has 0 atom stereocenters. The summed E-state index contributed by atoms with van der Waals surface area (Å²) in [5.74, 6) is -0.0375. The number of likely N-dealkylation sites (N-methyl/N-ethyl adjacent to an activating group) is 1. The molecule has 0 spiro atoms. The predicted molar refractivity (Wildman–Crippen MR) is 44.3 cm³/mol. The number of nitrogens with zero attached hydrogens (tertiary/aromatic N) is 1. The lowest BCUT2D eigenvalue weighted by atomic mass is 10.4. The zero-order valence-electron chi connectivity index (χ0n) is 7.17. The summed E-state index contributed by atoms with van der Waals surface area (Å²) in [7, 11) is 1.62. The molecule has 0 bridgehead atoms. The molecule has 0 aliphatic rings. The van der Waals surface area contributed by atoms with E-state index in [1.807, 2.05) is 6.92 Å². The molecule has 1 amide bonds. The summed E-state index contributed by atoms with van der Waals surface area (Å²) in [5, 5.41) is 0. The largest absolute Gasteiger partial charge is 0.383 e. The van der Waals surface area contributed by atoms with Crippen LogP contribution in [-0.4, -0.2) is 37.6 Å². The number of rotatable bonds is 5. The first-order valence-corrected chi connectivity index (χ1v) is 3.66. The van der Waals surface area contributed by atoms with Gasteiger partial charge in [0.15, 0.2) is 0 Å². The van der Waals surface area contributed by atoms with Crippen LogP contribution in [0.1, 0.15) is 6.92 Å². The van der Waals surface area contributed by atoms with Crippen LogP contribution in [0.5, 0.6) is 0 Å². The summed E-state index contributed by atoms with van der Waals surface area (Å²) in [6, 6.07) is 0. The van der Waals surface area contributed by atoms with Gasteiger partial charge < -0.3 is 9.64 Å². The number of amides is 1. The van der Waals surface area contributed by atoms with Crippen molar-refractivity contribution in [1.29, 1.82) is 0 Å². The minimum Gasteiger partial charge on any atom is -0.383 e. The first kappa shape index (κ1) is 10.2. The molecule has 0 aromatic heterocycles. The molecule has 0 fully saturated rings. The molecule has 0 aliphatic carbocycles. The molecule has 0 aromatic carbocycles. The lowest BCUT2D eigenvalue weighted by molar-refractivity contribution is -0.126. The highest BCUT2D eigenvalue weighted by atomic mass is 16.5. The van der Waals surface area contributed by atoms with Crippen molar-refractivity contribution in [3.05, 3.63) is 12.7 Å². The van der Waals surface area contributed by atoms with Crippen molar-refractivity contribution >= 4 is 5.91 Å². The van der Waals surface area contributed by atoms with Crippen molar-refractivity contribution in [1.82, 2.24) is 4.90 Å². The van der Waals surface area contributed by atoms with Crippen LogP contribution in [0.25, 0.3) is 0 Å². The number of hydrogen-bond acceptors (Lipinski definition) is 2. The number of ether oxygens (including phenoxy) is 1. The van der Waals surface area contributed by atoms with Gasteiger partial charge >= 0.3 is 0 Å². The highest BCUT2D eigenvalue weighted by Gasteiger charge is 2.05. The Kier molecular flexibility index (Phi) is 5.47. The molecule has 3 nitrogen and oxygen atoms in total. The van der Waals surface area contributed by atoms with Crippen LogP contribution in [0, 0.1) is 0 Å². The Balaban J connectivity index is 3.74. The second-order valence-electron chi connectivity index (χ2n) is 2.11. The average molecular weight is 157 g/mol. The lowest BCUT2D eigenvalue weighted by Crippen LogP contribution is -2.32. The molecule has 0 aliphatic heterocycles. The summed E-state index contributed by atoms with van der Waals surface area (Å²) in [4.78, 5) is 12.7. The first-order chi connectivity index (χ1) is 5.26. The van der Waals surface area contributed by atoms with Crippen molar-refractivity contribution in [3.63, 3.8) is 0 Å². The van der Waals surface area contributed by atoms with Gasteiger partial charge in [0.25, 0.3) is 0 Å². The molecule has 0 saturated heterocycles. The molecule has 3 heteroatoms. The highest BCUT2D eigenvalue weighted by Crippen LogP contribution is 1.89. The Morgan fingerprint density at radius 1 is 1.73 bits per heavy atom. The van der Waals surface area contributed by atoms with Crippen molar-refractivity contribution in [2.45, 2.75) is 6.92 Å². The van der Waals surface area contributed by atoms with Gasteiger partial charge in [-0.3, -0.25) is 4.79 Å². The Morgan fingerprint density at radius 3 is 2.73 bits per heavy atom. The molecule has 64 valence electrons. The second kappa shape index (κ2) is 5.92. The predicted octanol–water partition coefficient (Wildman–Crippen LogP) is 0.667. The second-order valence-corrected chi connectivity index (χ2v) is 2.11. The summed E-state index contributed by atoms with van der Waals surface area (Å²) in [6.45, 7) is 7.25. The van der Waals surface area contributed by atoms with Gasteiger partial charge in [-0.15, -0.1) is 0 Å². The van der Waals surface area contributed by atoms with Gasteiger partial charge in [-0.25, -0.2) is 0 Å². The van der Waals surface area contributed by atoms with Crippen molar-refractivity contribution in [2.75, 3.05) is 26.8 Å². The van der Waals surface area contributed by atoms with Crippen molar-refractivity contribution < 1.29 is 9.53 Å². The molecule has 0 radical (unpaired) electrons. The van der Waals surface area contributed by atoms with Gasteiger partial charge in [-0.2, -0.15) is 0 Å². The third-order valence-corrected chi connectivity index (χ3v) is 1.43. The third-order valence-electron chi connectivity index (χ3n) is 1.43. The average Bonchev–Trinajstić information content (AvgIpc) is 2.05. The first-order valence-electron chi connectivity index (χ1n) is 3.66. The van der Waals surface area contributed by atoms with Crippen LogP contribution in [0.4, 0.5) is 0 Å². The fourth-order valence-corrected chi connectivity index (χ4v) is 0.755. The van der Waals surface area contributed by atoms with E-state index in [9.17, 15) is 4.79 Å². The van der Waals surface area contributed by atoms with E-state index in [4.69, 9.17) is 4.74 Å². The van der Waals surface area contributed by atoms with E-state index in [0.29, 0.717) is 19.7 Å². The Bertz CT molecular complexity index is 134. The summed E-state index contributed by atoms with van der Waals surface area (Å²) in [5.41, 5.74) is 0. The maximum atomic E-state index is 11.0. The van der Waals surface area contributed by atoms with Gasteiger partial charge in [0.2, 0.25) is 5.91 Å². The van der Waals surface area contributed by atoms with Crippen LogP contribution in [0.15, 0.2) is 12.7 Å². The van der Waals surface area contributed by atoms with Gasteiger partial charge in [0, 0.05) is 20.2 Å². The standard InChI is InChI=1S/C8H15NO2/c1-4-8(10)9(5-2)6-7-11-3/h4H,1,5-7H2,2-3H3. The molecule has 0 aromatic rings. The van der Waals surface area contributed by atoms with E-state index in [1.165, 1.54) is 6.08 Å². The zero-order valence-corrected chi connectivity index (χ0v) is 7.17. The van der Waals surface area contributed by atoms with Crippen molar-refractivity contribution in [3.8, 4) is 0 Å². The number of carbonyl (C=O) groups excluding carboxylic acids is 1. The summed E-state index contributed by atoms with van der Waals surface area (Å²) >= 11 is 0. The molecule has 0 unspecified atom stereocenters. The van der Waals surface area contributed by atoms with E-state index in [1.54, 1.807) is 12.0 Å².